The molecule has 1 aromatic carbocycles. The standard InChI is InChI=1S/C20H29NO4/c1-3-4-14-25-18(22)15-21-19(23)20(12-6-5-7-13-20)16-8-10-17(24-2)11-9-16/h8-11H,3-7,12-15H2,1-2H3,(H,21,23). The number of carbonyl (C=O) groups is 2. The summed E-state index contributed by atoms with van der Waals surface area (Å²) in [6, 6.07) is 7.70. The summed E-state index contributed by atoms with van der Waals surface area (Å²) in [6.45, 7) is 2.38. The second-order valence-electron chi connectivity index (χ2n) is 6.63. The van der Waals surface area contributed by atoms with Gasteiger partial charge in [0.15, 0.2) is 0 Å². The van der Waals surface area contributed by atoms with Crippen LogP contribution in [0.25, 0.3) is 0 Å². The molecule has 0 heterocycles. The van der Waals surface area contributed by atoms with Crippen LogP contribution in [-0.4, -0.2) is 32.1 Å². The number of hydrogen-bond acceptors (Lipinski definition) is 4. The normalized spacial score (nSPS) is 16.1. The molecule has 5 heteroatoms. The number of hydrogen-bond donors (Lipinski definition) is 1. The van der Waals surface area contributed by atoms with E-state index in [1.165, 1.54) is 0 Å². The Labute approximate surface area is 150 Å². The molecule has 0 aliphatic heterocycles. The Morgan fingerprint density at radius 3 is 2.40 bits per heavy atom. The van der Waals surface area contributed by atoms with Crippen molar-refractivity contribution in [1.82, 2.24) is 5.32 Å². The second-order valence-corrected chi connectivity index (χ2v) is 6.63. The minimum absolute atomic E-state index is 0.0690. The van der Waals surface area contributed by atoms with Crippen LogP contribution in [0.2, 0.25) is 0 Å². The lowest BCUT2D eigenvalue weighted by Gasteiger charge is -2.36. The molecule has 2 rings (SSSR count). The predicted octanol–water partition coefficient (Wildman–Crippen LogP) is 3.36. The third kappa shape index (κ3) is 4.97. The Hall–Kier alpha value is -2.04. The van der Waals surface area contributed by atoms with Crippen molar-refractivity contribution < 1.29 is 19.1 Å². The van der Waals surface area contributed by atoms with Gasteiger partial charge in [-0.2, -0.15) is 0 Å². The first-order valence-corrected chi connectivity index (χ1v) is 9.21. The van der Waals surface area contributed by atoms with Gasteiger partial charge in [-0.05, 0) is 37.0 Å². The topological polar surface area (TPSA) is 64.6 Å². The summed E-state index contributed by atoms with van der Waals surface area (Å²) in [4.78, 5) is 24.7. The summed E-state index contributed by atoms with van der Waals surface area (Å²) in [7, 11) is 1.63. The van der Waals surface area contributed by atoms with Crippen molar-refractivity contribution in [2.24, 2.45) is 0 Å². The Morgan fingerprint density at radius 1 is 1.12 bits per heavy atom. The van der Waals surface area contributed by atoms with Gasteiger partial charge in [0.05, 0.1) is 19.1 Å². The monoisotopic (exact) mass is 347 g/mol. The fraction of sp³-hybridized carbons (Fsp3) is 0.600. The zero-order valence-electron chi connectivity index (χ0n) is 15.3. The maximum Gasteiger partial charge on any atom is 0.325 e. The molecule has 0 spiro atoms. The maximum absolute atomic E-state index is 13.0. The van der Waals surface area contributed by atoms with Crippen LogP contribution in [0.1, 0.15) is 57.4 Å². The average Bonchev–Trinajstić information content (AvgIpc) is 2.67. The van der Waals surface area contributed by atoms with Gasteiger partial charge in [0.2, 0.25) is 5.91 Å². The molecule has 1 aromatic rings. The second kappa shape index (κ2) is 9.44. The van der Waals surface area contributed by atoms with Crippen LogP contribution in [0, 0.1) is 0 Å². The molecule has 0 bridgehead atoms. The van der Waals surface area contributed by atoms with Crippen LogP contribution in [0.15, 0.2) is 24.3 Å². The van der Waals surface area contributed by atoms with Gasteiger partial charge in [-0.25, -0.2) is 0 Å². The summed E-state index contributed by atoms with van der Waals surface area (Å²) in [6.07, 6.45) is 6.59. The molecule has 1 aliphatic rings. The number of carbonyl (C=O) groups excluding carboxylic acids is 2. The molecule has 1 amide bonds. The lowest BCUT2D eigenvalue weighted by Crippen LogP contribution is -2.47. The summed E-state index contributed by atoms with van der Waals surface area (Å²) in [5, 5.41) is 2.80. The predicted molar refractivity (Wildman–Crippen MR) is 96.6 cm³/mol. The Bertz CT molecular complexity index is 562. The molecule has 1 N–H and O–H groups in total. The smallest absolute Gasteiger partial charge is 0.325 e. The number of methoxy groups -OCH3 is 1. The van der Waals surface area contributed by atoms with E-state index in [-0.39, 0.29) is 18.4 Å². The van der Waals surface area contributed by atoms with E-state index < -0.39 is 5.41 Å². The van der Waals surface area contributed by atoms with Gasteiger partial charge in [-0.15, -0.1) is 0 Å². The molecule has 0 saturated heterocycles. The van der Waals surface area contributed by atoms with Gasteiger partial charge in [0.25, 0.3) is 0 Å². The fourth-order valence-electron chi connectivity index (χ4n) is 3.42. The zero-order valence-corrected chi connectivity index (χ0v) is 15.3. The van der Waals surface area contributed by atoms with Crippen molar-refractivity contribution in [3.8, 4) is 5.75 Å². The molecular formula is C20H29NO4. The highest BCUT2D eigenvalue weighted by molar-refractivity contribution is 5.90. The van der Waals surface area contributed by atoms with Crippen molar-refractivity contribution in [2.75, 3.05) is 20.3 Å². The molecule has 1 aliphatic carbocycles. The minimum atomic E-state index is -0.561. The number of ether oxygens (including phenoxy) is 2. The zero-order chi connectivity index (χ0) is 18.1. The lowest BCUT2D eigenvalue weighted by atomic mass is 9.68. The van der Waals surface area contributed by atoms with Gasteiger partial charge in [0, 0.05) is 0 Å². The van der Waals surface area contributed by atoms with Gasteiger partial charge in [-0.1, -0.05) is 44.7 Å². The molecule has 0 unspecified atom stereocenters. The van der Waals surface area contributed by atoms with Gasteiger partial charge < -0.3 is 14.8 Å². The van der Waals surface area contributed by atoms with E-state index in [0.29, 0.717) is 6.61 Å². The maximum atomic E-state index is 13.0. The van der Waals surface area contributed by atoms with Crippen molar-refractivity contribution in [3.63, 3.8) is 0 Å². The molecular weight excluding hydrogens is 318 g/mol. The molecule has 0 radical (unpaired) electrons. The Balaban J connectivity index is 2.05. The summed E-state index contributed by atoms with van der Waals surface area (Å²) < 4.78 is 10.3. The molecule has 138 valence electrons. The van der Waals surface area contributed by atoms with Crippen LogP contribution < -0.4 is 10.1 Å². The van der Waals surface area contributed by atoms with Crippen LogP contribution in [0.4, 0.5) is 0 Å². The highest BCUT2D eigenvalue weighted by atomic mass is 16.5. The summed E-state index contributed by atoms with van der Waals surface area (Å²) >= 11 is 0. The van der Waals surface area contributed by atoms with E-state index in [2.05, 4.69) is 5.32 Å². The molecule has 0 aromatic heterocycles. The van der Waals surface area contributed by atoms with E-state index in [0.717, 1.165) is 56.3 Å². The Kier molecular flexibility index (Phi) is 7.29. The average molecular weight is 347 g/mol. The molecule has 0 atom stereocenters. The van der Waals surface area contributed by atoms with E-state index in [4.69, 9.17) is 9.47 Å². The van der Waals surface area contributed by atoms with Crippen LogP contribution in [0.3, 0.4) is 0 Å². The van der Waals surface area contributed by atoms with Crippen molar-refractivity contribution in [3.05, 3.63) is 29.8 Å². The van der Waals surface area contributed by atoms with Gasteiger partial charge in [-0.3, -0.25) is 9.59 Å². The molecule has 25 heavy (non-hydrogen) atoms. The minimum Gasteiger partial charge on any atom is -0.497 e. The molecule has 1 saturated carbocycles. The van der Waals surface area contributed by atoms with Crippen LogP contribution in [-0.2, 0) is 19.7 Å². The number of esters is 1. The summed E-state index contributed by atoms with van der Waals surface area (Å²) in [5.74, 6) is 0.321. The number of unbranched alkanes of at least 4 members (excludes halogenated alkanes) is 1. The van der Waals surface area contributed by atoms with E-state index in [1.807, 2.05) is 31.2 Å². The van der Waals surface area contributed by atoms with Crippen LogP contribution in [0.5, 0.6) is 5.75 Å². The largest absolute Gasteiger partial charge is 0.497 e. The van der Waals surface area contributed by atoms with Crippen molar-refractivity contribution >= 4 is 11.9 Å². The van der Waals surface area contributed by atoms with E-state index in [9.17, 15) is 9.59 Å². The number of amides is 1. The number of nitrogens with one attached hydrogen (secondary N) is 1. The van der Waals surface area contributed by atoms with Gasteiger partial charge >= 0.3 is 5.97 Å². The highest BCUT2D eigenvalue weighted by Crippen LogP contribution is 2.40. The highest BCUT2D eigenvalue weighted by Gasteiger charge is 2.41. The Morgan fingerprint density at radius 2 is 1.80 bits per heavy atom. The van der Waals surface area contributed by atoms with Crippen molar-refractivity contribution in [2.45, 2.75) is 57.3 Å². The third-order valence-electron chi connectivity index (χ3n) is 4.94. The SMILES string of the molecule is CCCCOC(=O)CNC(=O)C1(c2ccc(OC)cc2)CCCCC1. The molecule has 1 fully saturated rings. The first-order chi connectivity index (χ1) is 12.1. The first-order valence-electron chi connectivity index (χ1n) is 9.21. The van der Waals surface area contributed by atoms with E-state index >= 15 is 0 Å². The third-order valence-corrected chi connectivity index (χ3v) is 4.94. The quantitative estimate of drug-likeness (QED) is 0.578. The van der Waals surface area contributed by atoms with Crippen LogP contribution >= 0.6 is 0 Å². The lowest BCUT2D eigenvalue weighted by molar-refractivity contribution is -0.144. The van der Waals surface area contributed by atoms with Crippen molar-refractivity contribution in [1.29, 1.82) is 0 Å². The number of benzene rings is 1. The first kappa shape index (κ1) is 19.3. The van der Waals surface area contributed by atoms with E-state index in [1.54, 1.807) is 7.11 Å². The molecule has 5 nitrogen and oxygen atoms in total. The summed E-state index contributed by atoms with van der Waals surface area (Å²) in [5.41, 5.74) is 0.429. The van der Waals surface area contributed by atoms with Gasteiger partial charge in [0.1, 0.15) is 12.3 Å². The number of rotatable bonds is 8. The fourth-order valence-corrected chi connectivity index (χ4v) is 3.42.